The van der Waals surface area contributed by atoms with Crippen LogP contribution < -0.4 is 4.90 Å². The highest BCUT2D eigenvalue weighted by Crippen LogP contribution is 2.31. The van der Waals surface area contributed by atoms with E-state index in [1.54, 1.807) is 11.1 Å². The molecule has 5 nitrogen and oxygen atoms in total. The van der Waals surface area contributed by atoms with E-state index in [4.69, 9.17) is 0 Å². The number of carbonyl (C=O) groups is 2. The third-order valence-corrected chi connectivity index (χ3v) is 4.26. The lowest BCUT2D eigenvalue weighted by Gasteiger charge is -2.16. The predicted octanol–water partition coefficient (Wildman–Crippen LogP) is 2.39. The Labute approximate surface area is 125 Å². The summed E-state index contributed by atoms with van der Waals surface area (Å²) in [5.74, 6) is 0.459. The van der Waals surface area contributed by atoms with Crippen LogP contribution in [0.4, 0.5) is 5.82 Å². The number of aromatic nitrogens is 2. The van der Waals surface area contributed by atoms with Crippen molar-refractivity contribution in [1.82, 2.24) is 9.97 Å². The molecule has 0 bridgehead atoms. The van der Waals surface area contributed by atoms with Crippen LogP contribution in [-0.2, 0) is 9.59 Å². The van der Waals surface area contributed by atoms with E-state index in [1.165, 1.54) is 18.7 Å². The maximum atomic E-state index is 11.9. The SMILES string of the molecule is CC(=O)SC1CC(=O)N(c2ncc(Br)nc2Br)C1. The Morgan fingerprint density at radius 3 is 2.89 bits per heavy atom. The van der Waals surface area contributed by atoms with Crippen molar-refractivity contribution < 1.29 is 9.59 Å². The molecule has 1 aliphatic rings. The second-order valence-electron chi connectivity index (χ2n) is 3.75. The van der Waals surface area contributed by atoms with Crippen LogP contribution in [0.15, 0.2) is 15.4 Å². The van der Waals surface area contributed by atoms with Gasteiger partial charge in [0.1, 0.15) is 9.21 Å². The molecule has 1 saturated heterocycles. The van der Waals surface area contributed by atoms with Crippen molar-refractivity contribution in [3.8, 4) is 0 Å². The van der Waals surface area contributed by atoms with Crippen LogP contribution in [0.2, 0.25) is 0 Å². The van der Waals surface area contributed by atoms with Gasteiger partial charge in [0.05, 0.1) is 6.20 Å². The van der Waals surface area contributed by atoms with Gasteiger partial charge in [0.15, 0.2) is 10.9 Å². The number of carbonyl (C=O) groups excluding carboxylic acids is 2. The number of amides is 1. The molecular formula is C10H9Br2N3O2S. The number of hydrogen-bond donors (Lipinski definition) is 0. The lowest BCUT2D eigenvalue weighted by Crippen LogP contribution is -2.26. The molecule has 0 aromatic carbocycles. The monoisotopic (exact) mass is 393 g/mol. The van der Waals surface area contributed by atoms with Crippen LogP contribution >= 0.6 is 43.6 Å². The molecule has 1 amide bonds. The van der Waals surface area contributed by atoms with Crippen LogP contribution in [0.5, 0.6) is 0 Å². The summed E-state index contributed by atoms with van der Waals surface area (Å²) in [6, 6.07) is 0. The van der Waals surface area contributed by atoms with E-state index in [9.17, 15) is 9.59 Å². The minimum absolute atomic E-state index is 0.00709. The second-order valence-corrected chi connectivity index (χ2v) is 6.79. The third-order valence-electron chi connectivity index (χ3n) is 2.36. The average Bonchev–Trinajstić information content (AvgIpc) is 2.58. The molecule has 1 atom stereocenters. The third kappa shape index (κ3) is 3.10. The van der Waals surface area contributed by atoms with Crippen molar-refractivity contribution in [2.24, 2.45) is 0 Å². The summed E-state index contributed by atoms with van der Waals surface area (Å²) in [5, 5.41) is 0.0166. The lowest BCUT2D eigenvalue weighted by atomic mass is 10.4. The molecular weight excluding hydrogens is 386 g/mol. The van der Waals surface area contributed by atoms with Crippen LogP contribution in [0.1, 0.15) is 13.3 Å². The molecule has 1 aliphatic heterocycles. The molecule has 2 heterocycles. The quantitative estimate of drug-likeness (QED) is 0.770. The van der Waals surface area contributed by atoms with E-state index in [2.05, 4.69) is 41.8 Å². The highest BCUT2D eigenvalue weighted by molar-refractivity contribution is 9.11. The first kappa shape index (κ1) is 14.0. The fourth-order valence-corrected chi connectivity index (χ4v) is 3.66. The maximum absolute atomic E-state index is 11.9. The number of nitrogens with zero attached hydrogens (tertiary/aromatic N) is 3. The maximum Gasteiger partial charge on any atom is 0.229 e. The number of thioether (sulfide) groups is 1. The topological polar surface area (TPSA) is 63.2 Å². The standard InChI is InChI=1S/C10H9Br2N3O2S/c1-5(16)18-6-2-8(17)15(4-6)10-9(12)14-7(11)3-13-10/h3,6H,2,4H2,1H3. The molecule has 1 aromatic heterocycles. The van der Waals surface area contributed by atoms with E-state index in [0.717, 1.165) is 0 Å². The van der Waals surface area contributed by atoms with Crippen LogP contribution in [-0.4, -0.2) is 32.8 Å². The molecule has 8 heteroatoms. The fraction of sp³-hybridized carbons (Fsp3) is 0.400. The van der Waals surface area contributed by atoms with Crippen LogP contribution in [0.3, 0.4) is 0 Å². The normalized spacial score (nSPS) is 19.4. The molecule has 1 unspecified atom stereocenters. The van der Waals surface area contributed by atoms with Gasteiger partial charge >= 0.3 is 0 Å². The Kier molecular flexibility index (Phi) is 4.39. The van der Waals surface area contributed by atoms with Gasteiger partial charge in [-0.3, -0.25) is 14.5 Å². The Balaban J connectivity index is 2.19. The average molecular weight is 395 g/mol. The van der Waals surface area contributed by atoms with E-state index < -0.39 is 0 Å². The van der Waals surface area contributed by atoms with E-state index in [0.29, 0.717) is 28.0 Å². The zero-order valence-electron chi connectivity index (χ0n) is 9.39. The van der Waals surface area contributed by atoms with Gasteiger partial charge in [0.25, 0.3) is 0 Å². The van der Waals surface area contributed by atoms with Crippen molar-refractivity contribution in [3.05, 3.63) is 15.4 Å². The number of halogens is 2. The van der Waals surface area contributed by atoms with Gasteiger partial charge in [-0.1, -0.05) is 11.8 Å². The molecule has 0 spiro atoms. The zero-order chi connectivity index (χ0) is 13.3. The molecule has 1 aromatic rings. The minimum Gasteiger partial charge on any atom is -0.293 e. The van der Waals surface area contributed by atoms with Crippen molar-refractivity contribution in [3.63, 3.8) is 0 Å². The Morgan fingerprint density at radius 2 is 2.28 bits per heavy atom. The summed E-state index contributed by atoms with van der Waals surface area (Å²) in [6.07, 6.45) is 1.90. The Bertz CT molecular complexity index is 512. The minimum atomic E-state index is -0.0360. The molecule has 1 fully saturated rings. The summed E-state index contributed by atoms with van der Waals surface area (Å²) >= 11 is 7.69. The van der Waals surface area contributed by atoms with Crippen molar-refractivity contribution in [2.45, 2.75) is 18.6 Å². The molecule has 0 aliphatic carbocycles. The molecule has 96 valence electrons. The molecule has 0 saturated carbocycles. The number of hydrogen-bond acceptors (Lipinski definition) is 5. The molecule has 0 radical (unpaired) electrons. The largest absolute Gasteiger partial charge is 0.293 e. The van der Waals surface area contributed by atoms with Crippen molar-refractivity contribution in [2.75, 3.05) is 11.4 Å². The number of rotatable bonds is 2. The van der Waals surface area contributed by atoms with E-state index >= 15 is 0 Å². The van der Waals surface area contributed by atoms with Gasteiger partial charge in [0, 0.05) is 25.1 Å². The summed E-state index contributed by atoms with van der Waals surface area (Å²) in [6.45, 7) is 1.99. The van der Waals surface area contributed by atoms with Crippen molar-refractivity contribution in [1.29, 1.82) is 0 Å². The summed E-state index contributed by atoms with van der Waals surface area (Å²) in [4.78, 5) is 32.8. The Hall–Kier alpha value is -0.470. The highest BCUT2D eigenvalue weighted by Gasteiger charge is 2.33. The molecule has 2 rings (SSSR count). The first-order valence-corrected chi connectivity index (χ1v) is 7.59. The van der Waals surface area contributed by atoms with Gasteiger partial charge in [-0.2, -0.15) is 0 Å². The fourth-order valence-electron chi connectivity index (χ4n) is 1.71. The van der Waals surface area contributed by atoms with Gasteiger partial charge in [-0.25, -0.2) is 9.97 Å². The molecule has 0 N–H and O–H groups in total. The van der Waals surface area contributed by atoms with Crippen molar-refractivity contribution >= 4 is 60.5 Å². The first-order valence-electron chi connectivity index (χ1n) is 5.13. The van der Waals surface area contributed by atoms with Gasteiger partial charge in [-0.15, -0.1) is 0 Å². The first-order chi connectivity index (χ1) is 8.47. The predicted molar refractivity (Wildman–Crippen MR) is 76.5 cm³/mol. The van der Waals surface area contributed by atoms with Crippen LogP contribution in [0, 0.1) is 0 Å². The molecule has 18 heavy (non-hydrogen) atoms. The van der Waals surface area contributed by atoms with Gasteiger partial charge in [0.2, 0.25) is 5.91 Å². The summed E-state index contributed by atoms with van der Waals surface area (Å²) in [5.41, 5.74) is 0. The Morgan fingerprint density at radius 1 is 1.56 bits per heavy atom. The van der Waals surface area contributed by atoms with Gasteiger partial charge < -0.3 is 0 Å². The van der Waals surface area contributed by atoms with Gasteiger partial charge in [-0.05, 0) is 31.9 Å². The summed E-state index contributed by atoms with van der Waals surface area (Å²) in [7, 11) is 0. The lowest BCUT2D eigenvalue weighted by molar-refractivity contribution is -0.117. The zero-order valence-corrected chi connectivity index (χ0v) is 13.4. The van der Waals surface area contributed by atoms with E-state index in [1.807, 2.05) is 0 Å². The number of anilines is 1. The summed E-state index contributed by atoms with van der Waals surface area (Å²) < 4.78 is 1.11. The highest BCUT2D eigenvalue weighted by atomic mass is 79.9. The van der Waals surface area contributed by atoms with Crippen LogP contribution in [0.25, 0.3) is 0 Å². The second kappa shape index (κ2) is 5.66. The smallest absolute Gasteiger partial charge is 0.229 e. The van der Waals surface area contributed by atoms with E-state index in [-0.39, 0.29) is 16.3 Å².